The van der Waals surface area contributed by atoms with Gasteiger partial charge >= 0.3 is 0 Å². The zero-order valence-electron chi connectivity index (χ0n) is 21.1. The molecular weight excluding hydrogens is 478 g/mol. The van der Waals surface area contributed by atoms with Crippen molar-refractivity contribution in [2.75, 3.05) is 57.8 Å². The highest BCUT2D eigenvalue weighted by Gasteiger charge is 2.35. The molecule has 0 saturated carbocycles. The van der Waals surface area contributed by atoms with E-state index in [0.29, 0.717) is 50.3 Å². The van der Waals surface area contributed by atoms with Gasteiger partial charge in [-0.15, -0.1) is 0 Å². The van der Waals surface area contributed by atoms with Crippen LogP contribution in [0.2, 0.25) is 5.02 Å². The second kappa shape index (κ2) is 11.0. The highest BCUT2D eigenvalue weighted by molar-refractivity contribution is 6.30. The molecule has 8 nitrogen and oxygen atoms in total. The van der Waals surface area contributed by atoms with Crippen LogP contribution in [0.25, 0.3) is 0 Å². The molecule has 2 saturated heterocycles. The molecule has 36 heavy (non-hydrogen) atoms. The van der Waals surface area contributed by atoms with Crippen LogP contribution >= 0.6 is 11.6 Å². The summed E-state index contributed by atoms with van der Waals surface area (Å²) < 4.78 is 5.53. The van der Waals surface area contributed by atoms with E-state index >= 15 is 0 Å². The second-order valence-electron chi connectivity index (χ2n) is 10.3. The van der Waals surface area contributed by atoms with E-state index in [1.165, 1.54) is 0 Å². The molecule has 3 aliphatic rings. The molecular formula is C27H36ClN5O3. The number of piperazine rings is 1. The van der Waals surface area contributed by atoms with Gasteiger partial charge in [0.1, 0.15) is 12.1 Å². The Morgan fingerprint density at radius 1 is 1.11 bits per heavy atom. The number of amides is 1. The molecule has 194 valence electrons. The molecule has 1 aromatic carbocycles. The number of nitrogens with zero attached hydrogens (tertiary/aromatic N) is 5. The number of piperidine rings is 1. The molecule has 2 aliphatic heterocycles. The summed E-state index contributed by atoms with van der Waals surface area (Å²) >= 11 is 6.15. The van der Waals surface area contributed by atoms with Crippen molar-refractivity contribution < 1.29 is 14.6 Å². The minimum Gasteiger partial charge on any atom is -0.387 e. The molecule has 1 aliphatic carbocycles. The Balaban J connectivity index is 1.28. The van der Waals surface area contributed by atoms with Crippen molar-refractivity contribution in [3.05, 3.63) is 52.4 Å². The van der Waals surface area contributed by atoms with Gasteiger partial charge in [-0.25, -0.2) is 9.97 Å². The standard InChI is InChI=1S/C27H36ClN5O3/c1-18-15-23(34)25-24(18)26(30-17-29-25)32-11-13-33(14-12-32)27(35)22(19-3-5-20(28)6-4-19)16-31-9-7-21(36-2)8-10-31/h3-6,17-18,21-23,34H,7-16H2,1-2H3/t18-,22+,23-/m1/s1. The van der Waals surface area contributed by atoms with Crippen molar-refractivity contribution in [1.29, 1.82) is 0 Å². The Morgan fingerprint density at radius 3 is 2.47 bits per heavy atom. The fourth-order valence-electron chi connectivity index (χ4n) is 5.92. The summed E-state index contributed by atoms with van der Waals surface area (Å²) in [6, 6.07) is 7.72. The highest BCUT2D eigenvalue weighted by atomic mass is 35.5. The van der Waals surface area contributed by atoms with Crippen LogP contribution in [-0.2, 0) is 9.53 Å². The summed E-state index contributed by atoms with van der Waals surface area (Å²) in [6.07, 6.45) is 4.01. The van der Waals surface area contributed by atoms with Crippen molar-refractivity contribution in [3.8, 4) is 0 Å². The molecule has 1 N–H and O–H groups in total. The third-order valence-corrected chi connectivity index (χ3v) is 8.30. The number of hydrogen-bond acceptors (Lipinski definition) is 7. The minimum absolute atomic E-state index is 0.169. The lowest BCUT2D eigenvalue weighted by molar-refractivity contribution is -0.133. The molecule has 2 fully saturated rings. The smallest absolute Gasteiger partial charge is 0.231 e. The number of aliphatic hydroxyl groups is 1. The maximum Gasteiger partial charge on any atom is 0.231 e. The lowest BCUT2D eigenvalue weighted by Gasteiger charge is -2.39. The molecule has 0 bridgehead atoms. The first-order valence-electron chi connectivity index (χ1n) is 13.0. The van der Waals surface area contributed by atoms with E-state index in [9.17, 15) is 9.90 Å². The van der Waals surface area contributed by atoms with E-state index in [4.69, 9.17) is 16.3 Å². The number of hydrogen-bond donors (Lipinski definition) is 1. The first-order valence-corrected chi connectivity index (χ1v) is 13.4. The predicted octanol–water partition coefficient (Wildman–Crippen LogP) is 3.21. The highest BCUT2D eigenvalue weighted by Crippen LogP contribution is 2.42. The SMILES string of the molecule is COC1CCN(C[C@H](C(=O)N2CCN(c3ncnc4c3[C@H](C)C[C@H]4O)CC2)c2ccc(Cl)cc2)CC1. The van der Waals surface area contributed by atoms with Gasteiger partial charge in [0.2, 0.25) is 5.91 Å². The van der Waals surface area contributed by atoms with Gasteiger partial charge in [0.25, 0.3) is 0 Å². The summed E-state index contributed by atoms with van der Waals surface area (Å²) in [5.74, 6) is 1.07. The number of methoxy groups -OCH3 is 1. The molecule has 0 unspecified atom stereocenters. The third kappa shape index (κ3) is 5.23. The summed E-state index contributed by atoms with van der Waals surface area (Å²) in [4.78, 5) is 29.4. The zero-order chi connectivity index (χ0) is 25.2. The van der Waals surface area contributed by atoms with Crippen molar-refractivity contribution in [1.82, 2.24) is 19.8 Å². The number of fused-ring (bicyclic) bond motifs is 1. The fourth-order valence-corrected chi connectivity index (χ4v) is 6.05. The number of rotatable bonds is 6. The maximum absolute atomic E-state index is 13.9. The van der Waals surface area contributed by atoms with Crippen molar-refractivity contribution in [3.63, 3.8) is 0 Å². The van der Waals surface area contributed by atoms with E-state index in [0.717, 1.165) is 48.6 Å². The molecule has 5 rings (SSSR count). The lowest BCUT2D eigenvalue weighted by atomic mass is 9.95. The summed E-state index contributed by atoms with van der Waals surface area (Å²) in [7, 11) is 1.78. The van der Waals surface area contributed by atoms with Gasteiger partial charge in [-0.05, 0) is 42.9 Å². The van der Waals surface area contributed by atoms with Crippen LogP contribution in [0.4, 0.5) is 5.82 Å². The topological polar surface area (TPSA) is 82.0 Å². The average Bonchev–Trinajstić information content (AvgIpc) is 3.21. The summed E-state index contributed by atoms with van der Waals surface area (Å²) in [6.45, 7) is 7.41. The molecule has 3 atom stereocenters. The first-order chi connectivity index (χ1) is 17.4. The first kappa shape index (κ1) is 25.4. The van der Waals surface area contributed by atoms with Crippen LogP contribution < -0.4 is 4.90 Å². The summed E-state index contributed by atoms with van der Waals surface area (Å²) in [5, 5.41) is 11.0. The molecule has 9 heteroatoms. The van der Waals surface area contributed by atoms with Gasteiger partial charge in [-0.2, -0.15) is 0 Å². The zero-order valence-corrected chi connectivity index (χ0v) is 21.9. The molecule has 0 spiro atoms. The maximum atomic E-state index is 13.9. The number of ether oxygens (including phenoxy) is 1. The van der Waals surface area contributed by atoms with Crippen LogP contribution in [-0.4, -0.2) is 89.8 Å². The Morgan fingerprint density at radius 2 is 1.81 bits per heavy atom. The quantitative estimate of drug-likeness (QED) is 0.635. The van der Waals surface area contributed by atoms with Gasteiger partial charge in [-0.1, -0.05) is 30.7 Å². The average molecular weight is 514 g/mol. The molecule has 0 radical (unpaired) electrons. The molecule has 1 amide bonds. The monoisotopic (exact) mass is 513 g/mol. The molecule has 3 heterocycles. The second-order valence-corrected chi connectivity index (χ2v) is 10.7. The Labute approximate surface area is 218 Å². The van der Waals surface area contributed by atoms with Crippen molar-refractivity contribution in [2.45, 2.75) is 50.2 Å². The number of aliphatic hydroxyl groups excluding tert-OH is 1. The normalized spacial score (nSPS) is 24.1. The Kier molecular flexibility index (Phi) is 7.76. The van der Waals surface area contributed by atoms with Crippen LogP contribution in [0, 0.1) is 0 Å². The largest absolute Gasteiger partial charge is 0.387 e. The van der Waals surface area contributed by atoms with Gasteiger partial charge in [-0.3, -0.25) is 4.79 Å². The van der Waals surface area contributed by atoms with E-state index in [-0.39, 0.29) is 17.7 Å². The van der Waals surface area contributed by atoms with Gasteiger partial charge < -0.3 is 24.5 Å². The number of aromatic nitrogens is 2. The molecule has 2 aromatic rings. The van der Waals surface area contributed by atoms with E-state index in [1.807, 2.05) is 29.2 Å². The number of likely N-dealkylation sites (tertiary alicyclic amines) is 1. The Bertz CT molecular complexity index is 1050. The van der Waals surface area contributed by atoms with Gasteiger partial charge in [0, 0.05) is 63.5 Å². The van der Waals surface area contributed by atoms with Gasteiger partial charge in [0.15, 0.2) is 0 Å². The fraction of sp³-hybridized carbons (Fsp3) is 0.593. The van der Waals surface area contributed by atoms with Crippen LogP contribution in [0.15, 0.2) is 30.6 Å². The number of carbonyl (C=O) groups excluding carboxylic acids is 1. The number of halogens is 1. The number of benzene rings is 1. The Hall–Kier alpha value is -2.26. The van der Waals surface area contributed by atoms with Gasteiger partial charge in [0.05, 0.1) is 23.8 Å². The summed E-state index contributed by atoms with van der Waals surface area (Å²) in [5.41, 5.74) is 2.83. The van der Waals surface area contributed by atoms with E-state index < -0.39 is 6.10 Å². The van der Waals surface area contributed by atoms with E-state index in [1.54, 1.807) is 13.4 Å². The van der Waals surface area contributed by atoms with E-state index in [2.05, 4.69) is 26.7 Å². The van der Waals surface area contributed by atoms with Crippen LogP contribution in [0.3, 0.4) is 0 Å². The number of anilines is 1. The van der Waals surface area contributed by atoms with Crippen LogP contribution in [0.1, 0.15) is 60.9 Å². The molecule has 1 aromatic heterocycles. The van der Waals surface area contributed by atoms with Crippen molar-refractivity contribution in [2.24, 2.45) is 0 Å². The lowest BCUT2D eigenvalue weighted by Crippen LogP contribution is -2.52. The third-order valence-electron chi connectivity index (χ3n) is 8.05. The minimum atomic E-state index is -0.520. The van der Waals surface area contributed by atoms with Crippen molar-refractivity contribution >= 4 is 23.3 Å². The predicted molar refractivity (Wildman–Crippen MR) is 139 cm³/mol. The number of carbonyl (C=O) groups is 1. The van der Waals surface area contributed by atoms with Crippen LogP contribution in [0.5, 0.6) is 0 Å².